The summed E-state index contributed by atoms with van der Waals surface area (Å²) in [6, 6.07) is 17.1. The number of amides is 1. The zero-order chi connectivity index (χ0) is 16.1. The summed E-state index contributed by atoms with van der Waals surface area (Å²) in [6.45, 7) is 0.508. The average molecular weight is 309 g/mol. The van der Waals surface area contributed by atoms with Gasteiger partial charge >= 0.3 is 0 Å². The number of carbonyl (C=O) groups excluding carboxylic acids is 1. The van der Waals surface area contributed by atoms with Crippen molar-refractivity contribution in [2.24, 2.45) is 0 Å². The highest BCUT2D eigenvalue weighted by Crippen LogP contribution is 2.09. The summed E-state index contributed by atoms with van der Waals surface area (Å²) in [5.41, 5.74) is 2.30. The number of nitrogens with zero attached hydrogens (tertiary/aromatic N) is 2. The molecule has 0 saturated carbocycles. The largest absolute Gasteiger partial charge is 0.352 e. The topological polar surface area (TPSA) is 46.9 Å². The van der Waals surface area contributed by atoms with Gasteiger partial charge in [-0.1, -0.05) is 18.2 Å². The normalized spacial score (nSPS) is 10.5. The van der Waals surface area contributed by atoms with Crippen LogP contribution in [0, 0.1) is 5.82 Å². The quantitative estimate of drug-likeness (QED) is 0.787. The summed E-state index contributed by atoms with van der Waals surface area (Å²) in [7, 11) is 0. The first-order chi connectivity index (χ1) is 11.2. The Kier molecular flexibility index (Phi) is 4.47. The molecule has 4 nitrogen and oxygen atoms in total. The molecule has 0 spiro atoms. The van der Waals surface area contributed by atoms with Crippen molar-refractivity contribution in [3.05, 3.63) is 83.9 Å². The highest BCUT2D eigenvalue weighted by Gasteiger charge is 2.05. The van der Waals surface area contributed by atoms with Gasteiger partial charge in [0.15, 0.2) is 0 Å². The van der Waals surface area contributed by atoms with Crippen molar-refractivity contribution in [2.75, 3.05) is 6.54 Å². The molecular formula is C18H16FN3O. The third kappa shape index (κ3) is 3.83. The third-order valence-corrected chi connectivity index (χ3v) is 3.44. The summed E-state index contributed by atoms with van der Waals surface area (Å²) < 4.78 is 14.6. The van der Waals surface area contributed by atoms with Crippen molar-refractivity contribution < 1.29 is 9.18 Å². The van der Waals surface area contributed by atoms with Gasteiger partial charge in [-0.25, -0.2) is 9.07 Å². The molecule has 1 aromatic heterocycles. The van der Waals surface area contributed by atoms with Crippen molar-refractivity contribution in [1.29, 1.82) is 0 Å². The monoisotopic (exact) mass is 309 g/mol. The molecule has 0 fully saturated rings. The lowest BCUT2D eigenvalue weighted by Crippen LogP contribution is -2.25. The summed E-state index contributed by atoms with van der Waals surface area (Å²) in [5.74, 6) is -0.367. The highest BCUT2D eigenvalue weighted by molar-refractivity contribution is 5.94. The van der Waals surface area contributed by atoms with Crippen LogP contribution in [0.15, 0.2) is 66.9 Å². The molecule has 3 rings (SSSR count). The van der Waals surface area contributed by atoms with E-state index >= 15 is 0 Å². The van der Waals surface area contributed by atoms with Crippen LogP contribution in [0.25, 0.3) is 5.69 Å². The minimum atomic E-state index is -0.273. The highest BCUT2D eigenvalue weighted by atomic mass is 19.1. The van der Waals surface area contributed by atoms with Gasteiger partial charge in [0, 0.05) is 24.7 Å². The van der Waals surface area contributed by atoms with Crippen molar-refractivity contribution in [2.45, 2.75) is 6.42 Å². The smallest absolute Gasteiger partial charge is 0.251 e. The van der Waals surface area contributed by atoms with Gasteiger partial charge in [0.25, 0.3) is 5.91 Å². The van der Waals surface area contributed by atoms with E-state index in [4.69, 9.17) is 0 Å². The van der Waals surface area contributed by atoms with E-state index in [-0.39, 0.29) is 11.7 Å². The fourth-order valence-electron chi connectivity index (χ4n) is 2.23. The lowest BCUT2D eigenvalue weighted by atomic mass is 10.2. The molecule has 116 valence electrons. The second-order valence-corrected chi connectivity index (χ2v) is 5.10. The molecule has 0 atom stereocenters. The molecule has 1 heterocycles. The van der Waals surface area contributed by atoms with Crippen LogP contribution in [0.1, 0.15) is 16.1 Å². The molecule has 0 aliphatic rings. The van der Waals surface area contributed by atoms with Crippen LogP contribution < -0.4 is 5.32 Å². The first-order valence-corrected chi connectivity index (χ1v) is 7.36. The molecule has 0 aliphatic carbocycles. The number of rotatable bonds is 5. The molecule has 0 aliphatic heterocycles. The molecule has 0 bridgehead atoms. The molecule has 2 aromatic carbocycles. The van der Waals surface area contributed by atoms with Gasteiger partial charge < -0.3 is 5.32 Å². The SMILES string of the molecule is O=C(NCCc1ccn(-c2ccc(F)cc2)n1)c1ccccc1. The molecule has 0 unspecified atom stereocenters. The van der Waals surface area contributed by atoms with Gasteiger partial charge in [0.2, 0.25) is 0 Å². The lowest BCUT2D eigenvalue weighted by Gasteiger charge is -2.04. The number of hydrogen-bond acceptors (Lipinski definition) is 2. The first-order valence-electron chi connectivity index (χ1n) is 7.36. The zero-order valence-corrected chi connectivity index (χ0v) is 12.4. The van der Waals surface area contributed by atoms with Crippen LogP contribution >= 0.6 is 0 Å². The summed E-state index contributed by atoms with van der Waals surface area (Å²) in [6.07, 6.45) is 2.45. The van der Waals surface area contributed by atoms with E-state index in [2.05, 4.69) is 10.4 Å². The lowest BCUT2D eigenvalue weighted by molar-refractivity contribution is 0.0954. The Morgan fingerprint density at radius 1 is 1.04 bits per heavy atom. The van der Waals surface area contributed by atoms with Crippen LogP contribution in [0.4, 0.5) is 4.39 Å². The fourth-order valence-corrected chi connectivity index (χ4v) is 2.23. The van der Waals surface area contributed by atoms with E-state index in [1.54, 1.807) is 28.9 Å². The molecule has 23 heavy (non-hydrogen) atoms. The van der Waals surface area contributed by atoms with E-state index in [1.807, 2.05) is 30.5 Å². The summed E-state index contributed by atoms with van der Waals surface area (Å²) in [4.78, 5) is 11.9. The van der Waals surface area contributed by atoms with E-state index in [9.17, 15) is 9.18 Å². The van der Waals surface area contributed by atoms with Crippen LogP contribution in [0.3, 0.4) is 0 Å². The number of nitrogens with one attached hydrogen (secondary N) is 1. The van der Waals surface area contributed by atoms with E-state index < -0.39 is 0 Å². The maximum atomic E-state index is 12.9. The molecule has 5 heteroatoms. The van der Waals surface area contributed by atoms with Crippen molar-refractivity contribution in [3.8, 4) is 5.69 Å². The predicted molar refractivity (Wildman–Crippen MR) is 86.0 cm³/mol. The number of carbonyl (C=O) groups is 1. The van der Waals surface area contributed by atoms with E-state index in [0.717, 1.165) is 11.4 Å². The summed E-state index contributed by atoms with van der Waals surface area (Å²) in [5, 5.41) is 7.29. The molecular weight excluding hydrogens is 293 g/mol. The molecule has 3 aromatic rings. The van der Waals surface area contributed by atoms with Crippen LogP contribution in [0.5, 0.6) is 0 Å². The molecule has 0 radical (unpaired) electrons. The van der Waals surface area contributed by atoms with E-state index in [0.29, 0.717) is 18.5 Å². The number of benzene rings is 2. The van der Waals surface area contributed by atoms with Crippen LogP contribution in [-0.2, 0) is 6.42 Å². The number of aromatic nitrogens is 2. The average Bonchev–Trinajstić information content (AvgIpc) is 3.05. The van der Waals surface area contributed by atoms with Gasteiger partial charge in [-0.15, -0.1) is 0 Å². The Morgan fingerprint density at radius 3 is 2.52 bits per heavy atom. The van der Waals surface area contributed by atoms with Crippen LogP contribution in [-0.4, -0.2) is 22.2 Å². The minimum Gasteiger partial charge on any atom is -0.352 e. The Labute approximate surface area is 133 Å². The second kappa shape index (κ2) is 6.87. The van der Waals surface area contributed by atoms with Gasteiger partial charge in [0.05, 0.1) is 11.4 Å². The zero-order valence-electron chi connectivity index (χ0n) is 12.4. The Morgan fingerprint density at radius 2 is 1.78 bits per heavy atom. The minimum absolute atomic E-state index is 0.0939. The Balaban J connectivity index is 1.55. The van der Waals surface area contributed by atoms with Crippen molar-refractivity contribution in [3.63, 3.8) is 0 Å². The first kappa shape index (κ1) is 15.0. The number of halogens is 1. The van der Waals surface area contributed by atoms with Crippen molar-refractivity contribution >= 4 is 5.91 Å². The molecule has 0 saturated heterocycles. The van der Waals surface area contributed by atoms with E-state index in [1.165, 1.54) is 12.1 Å². The number of hydrogen-bond donors (Lipinski definition) is 1. The Hall–Kier alpha value is -2.95. The van der Waals surface area contributed by atoms with Gasteiger partial charge in [-0.3, -0.25) is 4.79 Å². The fraction of sp³-hybridized carbons (Fsp3) is 0.111. The maximum Gasteiger partial charge on any atom is 0.251 e. The second-order valence-electron chi connectivity index (χ2n) is 5.10. The molecule has 1 amide bonds. The van der Waals surface area contributed by atoms with Gasteiger partial charge in [-0.2, -0.15) is 5.10 Å². The molecule has 1 N–H and O–H groups in total. The maximum absolute atomic E-state index is 12.9. The van der Waals surface area contributed by atoms with Gasteiger partial charge in [-0.05, 0) is 42.5 Å². The predicted octanol–water partition coefficient (Wildman–Crippen LogP) is 2.98. The van der Waals surface area contributed by atoms with Crippen molar-refractivity contribution in [1.82, 2.24) is 15.1 Å². The third-order valence-electron chi connectivity index (χ3n) is 3.44. The van der Waals surface area contributed by atoms with Gasteiger partial charge in [0.1, 0.15) is 5.82 Å². The Bertz CT molecular complexity index is 782. The van der Waals surface area contributed by atoms with Crippen LogP contribution in [0.2, 0.25) is 0 Å². The standard InChI is InChI=1S/C18H16FN3O/c19-15-6-8-17(9-7-15)22-13-11-16(21-22)10-12-20-18(23)14-4-2-1-3-5-14/h1-9,11,13H,10,12H2,(H,20,23). The summed E-state index contributed by atoms with van der Waals surface area (Å²) >= 11 is 0.